The van der Waals surface area contributed by atoms with E-state index in [1.54, 1.807) is 0 Å². The highest BCUT2D eigenvalue weighted by Crippen LogP contribution is 2.32. The zero-order chi connectivity index (χ0) is 14.6. The van der Waals surface area contributed by atoms with Crippen LogP contribution in [0.25, 0.3) is 0 Å². The molecule has 0 radical (unpaired) electrons. The quantitative estimate of drug-likeness (QED) is 0.821. The minimum Gasteiger partial charge on any atom is -0.312 e. The van der Waals surface area contributed by atoms with Crippen molar-refractivity contribution in [1.82, 2.24) is 10.2 Å². The van der Waals surface area contributed by atoms with Crippen molar-refractivity contribution in [2.45, 2.75) is 71.8 Å². The molecule has 2 fully saturated rings. The smallest absolute Gasteiger partial charge is 0.00966 e. The molecule has 0 bridgehead atoms. The van der Waals surface area contributed by atoms with Crippen LogP contribution in [-0.2, 0) is 0 Å². The Labute approximate surface area is 126 Å². The summed E-state index contributed by atoms with van der Waals surface area (Å²) in [5.74, 6) is 2.90. The molecule has 1 saturated carbocycles. The Morgan fingerprint density at radius 3 is 2.20 bits per heavy atom. The van der Waals surface area contributed by atoms with Crippen LogP contribution in [0.3, 0.4) is 0 Å². The van der Waals surface area contributed by atoms with Crippen molar-refractivity contribution >= 4 is 0 Å². The number of nitrogens with zero attached hydrogens (tertiary/aromatic N) is 1. The monoisotopic (exact) mass is 280 g/mol. The molecule has 20 heavy (non-hydrogen) atoms. The van der Waals surface area contributed by atoms with Crippen LogP contribution < -0.4 is 5.32 Å². The second kappa shape index (κ2) is 7.26. The largest absolute Gasteiger partial charge is 0.312 e. The van der Waals surface area contributed by atoms with Crippen molar-refractivity contribution in [3.63, 3.8) is 0 Å². The molecule has 2 heteroatoms. The fraction of sp³-hybridized carbons (Fsp3) is 1.00. The molecule has 0 aromatic carbocycles. The van der Waals surface area contributed by atoms with E-state index in [4.69, 9.17) is 0 Å². The Morgan fingerprint density at radius 2 is 1.60 bits per heavy atom. The third-order valence-electron chi connectivity index (χ3n) is 5.35. The first-order chi connectivity index (χ1) is 9.46. The van der Waals surface area contributed by atoms with E-state index in [0.717, 1.165) is 17.8 Å². The van der Waals surface area contributed by atoms with Crippen molar-refractivity contribution in [2.24, 2.45) is 17.8 Å². The molecule has 0 aromatic rings. The van der Waals surface area contributed by atoms with Gasteiger partial charge in [-0.25, -0.2) is 0 Å². The summed E-state index contributed by atoms with van der Waals surface area (Å²) in [5, 5.41) is 3.67. The number of rotatable bonds is 5. The predicted octanol–water partition coefficient (Wildman–Crippen LogP) is 3.91. The highest BCUT2D eigenvalue weighted by molar-refractivity contribution is 4.83. The van der Waals surface area contributed by atoms with Gasteiger partial charge < -0.3 is 10.2 Å². The maximum absolute atomic E-state index is 3.67. The van der Waals surface area contributed by atoms with Gasteiger partial charge >= 0.3 is 0 Å². The fourth-order valence-corrected chi connectivity index (χ4v) is 3.88. The Kier molecular flexibility index (Phi) is 5.92. The van der Waals surface area contributed by atoms with E-state index in [-0.39, 0.29) is 5.54 Å². The van der Waals surface area contributed by atoms with Gasteiger partial charge in [-0.15, -0.1) is 0 Å². The molecule has 2 rings (SSSR count). The summed E-state index contributed by atoms with van der Waals surface area (Å²) in [6.45, 7) is 14.4. The van der Waals surface area contributed by atoms with Gasteiger partial charge in [0.1, 0.15) is 0 Å². The summed E-state index contributed by atoms with van der Waals surface area (Å²) in [6.07, 6.45) is 8.75. The van der Waals surface area contributed by atoms with Crippen molar-refractivity contribution in [1.29, 1.82) is 0 Å². The molecule has 1 heterocycles. The molecule has 118 valence electrons. The lowest BCUT2D eigenvalue weighted by Gasteiger charge is -2.31. The summed E-state index contributed by atoms with van der Waals surface area (Å²) in [4.78, 5) is 2.74. The number of likely N-dealkylation sites (tertiary alicyclic amines) is 1. The molecular weight excluding hydrogens is 244 g/mol. The second-order valence-electron chi connectivity index (χ2n) is 8.34. The number of hydrogen-bond acceptors (Lipinski definition) is 2. The van der Waals surface area contributed by atoms with E-state index in [9.17, 15) is 0 Å². The average Bonchev–Trinajstić information content (AvgIpc) is 2.84. The fourth-order valence-electron chi connectivity index (χ4n) is 3.88. The van der Waals surface area contributed by atoms with E-state index >= 15 is 0 Å². The van der Waals surface area contributed by atoms with Gasteiger partial charge in [-0.05, 0) is 70.9 Å². The lowest BCUT2D eigenvalue weighted by Crippen LogP contribution is -2.40. The number of nitrogens with one attached hydrogen (secondary N) is 1. The van der Waals surface area contributed by atoms with Gasteiger partial charge in [-0.1, -0.05) is 26.2 Å². The van der Waals surface area contributed by atoms with Gasteiger partial charge in [0.25, 0.3) is 0 Å². The lowest BCUT2D eigenvalue weighted by molar-refractivity contribution is 0.196. The maximum atomic E-state index is 3.67. The first-order valence-electron chi connectivity index (χ1n) is 8.93. The molecule has 1 saturated heterocycles. The Morgan fingerprint density at radius 1 is 0.950 bits per heavy atom. The molecule has 0 amide bonds. The number of hydrogen-bond donors (Lipinski definition) is 1. The van der Waals surface area contributed by atoms with Gasteiger partial charge in [0.15, 0.2) is 0 Å². The van der Waals surface area contributed by atoms with Crippen LogP contribution in [0.15, 0.2) is 0 Å². The zero-order valence-corrected chi connectivity index (χ0v) is 14.3. The van der Waals surface area contributed by atoms with Gasteiger partial charge in [0.05, 0.1) is 0 Å². The van der Waals surface area contributed by atoms with Crippen LogP contribution in [0.2, 0.25) is 0 Å². The first-order valence-corrected chi connectivity index (χ1v) is 8.93. The van der Waals surface area contributed by atoms with Gasteiger partial charge in [0.2, 0.25) is 0 Å². The SMILES string of the molecule is CCC1CCC(CN2CCC(CNC(C)(C)C)C2)CC1. The summed E-state index contributed by atoms with van der Waals surface area (Å²) in [6, 6.07) is 0. The average molecular weight is 281 g/mol. The van der Waals surface area contributed by atoms with E-state index in [1.165, 1.54) is 64.7 Å². The molecule has 1 N–H and O–H groups in total. The van der Waals surface area contributed by atoms with E-state index in [0.29, 0.717) is 0 Å². The highest BCUT2D eigenvalue weighted by atomic mass is 15.2. The normalized spacial score (nSPS) is 32.7. The van der Waals surface area contributed by atoms with Crippen LogP contribution in [0.1, 0.15) is 66.2 Å². The third kappa shape index (κ3) is 5.37. The summed E-state index contributed by atoms with van der Waals surface area (Å²) < 4.78 is 0. The van der Waals surface area contributed by atoms with Gasteiger partial charge in [-0.2, -0.15) is 0 Å². The first kappa shape index (κ1) is 16.3. The molecule has 2 nitrogen and oxygen atoms in total. The van der Waals surface area contributed by atoms with Crippen molar-refractivity contribution in [3.05, 3.63) is 0 Å². The summed E-state index contributed by atoms with van der Waals surface area (Å²) in [5.41, 5.74) is 0.270. The summed E-state index contributed by atoms with van der Waals surface area (Å²) >= 11 is 0. The Bertz CT molecular complexity index is 274. The van der Waals surface area contributed by atoms with E-state index in [2.05, 4.69) is 37.9 Å². The van der Waals surface area contributed by atoms with Crippen LogP contribution in [0.4, 0.5) is 0 Å². The molecular formula is C18H36N2. The van der Waals surface area contributed by atoms with Gasteiger partial charge in [-0.3, -0.25) is 0 Å². The van der Waals surface area contributed by atoms with Gasteiger partial charge in [0, 0.05) is 18.6 Å². The van der Waals surface area contributed by atoms with E-state index < -0.39 is 0 Å². The minimum absolute atomic E-state index is 0.270. The molecule has 2 aliphatic rings. The standard InChI is InChI=1S/C18H36N2/c1-5-15-6-8-16(9-7-15)13-20-11-10-17(14-20)12-19-18(2,3)4/h15-17,19H,5-14H2,1-4H3. The molecule has 0 aromatic heterocycles. The molecule has 1 aliphatic carbocycles. The third-order valence-corrected chi connectivity index (χ3v) is 5.35. The van der Waals surface area contributed by atoms with Crippen LogP contribution >= 0.6 is 0 Å². The Balaban J connectivity index is 1.64. The molecule has 0 spiro atoms. The predicted molar refractivity (Wildman–Crippen MR) is 88.0 cm³/mol. The van der Waals surface area contributed by atoms with Crippen molar-refractivity contribution < 1.29 is 0 Å². The minimum atomic E-state index is 0.270. The van der Waals surface area contributed by atoms with Crippen LogP contribution in [0, 0.1) is 17.8 Å². The Hall–Kier alpha value is -0.0800. The molecule has 1 unspecified atom stereocenters. The summed E-state index contributed by atoms with van der Waals surface area (Å²) in [7, 11) is 0. The molecule has 1 aliphatic heterocycles. The second-order valence-corrected chi connectivity index (χ2v) is 8.34. The molecule has 1 atom stereocenters. The van der Waals surface area contributed by atoms with Crippen molar-refractivity contribution in [2.75, 3.05) is 26.2 Å². The highest BCUT2D eigenvalue weighted by Gasteiger charge is 2.27. The van der Waals surface area contributed by atoms with Crippen molar-refractivity contribution in [3.8, 4) is 0 Å². The maximum Gasteiger partial charge on any atom is 0.00966 e. The van der Waals surface area contributed by atoms with Crippen LogP contribution in [-0.4, -0.2) is 36.6 Å². The zero-order valence-electron chi connectivity index (χ0n) is 14.3. The van der Waals surface area contributed by atoms with E-state index in [1.807, 2.05) is 0 Å². The van der Waals surface area contributed by atoms with Crippen LogP contribution in [0.5, 0.6) is 0 Å². The topological polar surface area (TPSA) is 15.3 Å². The lowest BCUT2D eigenvalue weighted by atomic mass is 9.81.